The maximum absolute atomic E-state index is 9.19. The number of ether oxygens (including phenoxy) is 2. The summed E-state index contributed by atoms with van der Waals surface area (Å²) in [6.07, 6.45) is 5.42. The molecule has 2 aromatic carbocycles. The number of nitrogens with one attached hydrogen (secondary N) is 1. The monoisotopic (exact) mass is 420 g/mol. The largest absolute Gasteiger partial charge is 0.497 e. The number of methoxy groups -OCH3 is 2. The maximum atomic E-state index is 9.19. The Balaban J connectivity index is 1.78. The highest BCUT2D eigenvalue weighted by molar-refractivity contribution is 5.82. The van der Waals surface area contributed by atoms with Crippen LogP contribution in [-0.4, -0.2) is 52.3 Å². The van der Waals surface area contributed by atoms with Gasteiger partial charge in [0.05, 0.1) is 43.3 Å². The van der Waals surface area contributed by atoms with Gasteiger partial charge in [0.2, 0.25) is 0 Å². The van der Waals surface area contributed by atoms with E-state index in [1.165, 1.54) is 0 Å². The van der Waals surface area contributed by atoms with Gasteiger partial charge in [-0.05, 0) is 18.2 Å². The lowest BCUT2D eigenvalue weighted by Crippen LogP contribution is -2.27. The van der Waals surface area contributed by atoms with E-state index in [2.05, 4.69) is 15.6 Å². The number of aromatic nitrogens is 4. The Hall–Kier alpha value is -3.69. The third-order valence-electron chi connectivity index (χ3n) is 4.93. The normalized spacial score (nSPS) is 11.0. The Morgan fingerprint density at radius 1 is 1.00 bits per heavy atom. The highest BCUT2D eigenvalue weighted by atomic mass is 16.5. The first-order valence-corrected chi connectivity index (χ1v) is 9.74. The fourth-order valence-electron chi connectivity index (χ4n) is 3.38. The standard InChI is InChI=1S/C22H24N6O3/c1-27-14-15(12-24-27)22-13-23-20-5-4-16(10-21(20)26-22)28(7-6-25-29)17-8-18(30-2)11-19(9-17)31-3/h4-5,8-14,25,29H,6-7H2,1-3H3. The van der Waals surface area contributed by atoms with Crippen LogP contribution in [0.1, 0.15) is 0 Å². The molecule has 0 aliphatic heterocycles. The summed E-state index contributed by atoms with van der Waals surface area (Å²) in [5, 5.41) is 13.4. The van der Waals surface area contributed by atoms with Gasteiger partial charge in [-0.1, -0.05) is 0 Å². The van der Waals surface area contributed by atoms with Crippen molar-refractivity contribution in [1.29, 1.82) is 0 Å². The van der Waals surface area contributed by atoms with E-state index in [4.69, 9.17) is 14.5 Å². The predicted molar refractivity (Wildman–Crippen MR) is 118 cm³/mol. The van der Waals surface area contributed by atoms with Crippen molar-refractivity contribution >= 4 is 22.4 Å². The minimum Gasteiger partial charge on any atom is -0.497 e. The number of hydroxylamine groups is 1. The number of hydrogen-bond acceptors (Lipinski definition) is 8. The van der Waals surface area contributed by atoms with Gasteiger partial charge < -0.3 is 19.6 Å². The summed E-state index contributed by atoms with van der Waals surface area (Å²) in [6.45, 7) is 0.868. The van der Waals surface area contributed by atoms with Gasteiger partial charge in [-0.3, -0.25) is 9.67 Å². The molecule has 0 atom stereocenters. The quantitative estimate of drug-likeness (QED) is 0.420. The van der Waals surface area contributed by atoms with Gasteiger partial charge in [-0.25, -0.2) is 10.5 Å². The summed E-state index contributed by atoms with van der Waals surface area (Å²) in [4.78, 5) is 11.4. The van der Waals surface area contributed by atoms with E-state index >= 15 is 0 Å². The Bertz CT molecular complexity index is 1170. The van der Waals surface area contributed by atoms with Crippen LogP contribution in [-0.2, 0) is 7.05 Å². The van der Waals surface area contributed by atoms with Crippen molar-refractivity contribution in [2.75, 3.05) is 32.2 Å². The second kappa shape index (κ2) is 8.99. The third kappa shape index (κ3) is 4.42. The van der Waals surface area contributed by atoms with Crippen LogP contribution in [0.25, 0.3) is 22.3 Å². The second-order valence-corrected chi connectivity index (χ2v) is 6.96. The van der Waals surface area contributed by atoms with Crippen molar-refractivity contribution in [2.24, 2.45) is 7.05 Å². The molecule has 0 aliphatic carbocycles. The molecule has 0 bridgehead atoms. The average Bonchev–Trinajstić information content (AvgIpc) is 3.24. The third-order valence-corrected chi connectivity index (χ3v) is 4.93. The molecule has 0 spiro atoms. The zero-order valence-corrected chi connectivity index (χ0v) is 17.6. The van der Waals surface area contributed by atoms with Crippen molar-refractivity contribution in [2.45, 2.75) is 0 Å². The molecule has 0 unspecified atom stereocenters. The van der Waals surface area contributed by atoms with Gasteiger partial charge in [-0.15, -0.1) is 0 Å². The molecule has 160 valence electrons. The number of fused-ring (bicyclic) bond motifs is 1. The van der Waals surface area contributed by atoms with E-state index in [1.807, 2.05) is 54.5 Å². The molecule has 2 aromatic heterocycles. The SMILES string of the molecule is COc1cc(OC)cc(N(CCNO)c2ccc3ncc(-c4cnn(C)c4)nc3c2)c1. The van der Waals surface area contributed by atoms with E-state index in [0.29, 0.717) is 24.6 Å². The highest BCUT2D eigenvalue weighted by Gasteiger charge is 2.14. The average molecular weight is 420 g/mol. The van der Waals surface area contributed by atoms with Crippen LogP contribution in [0, 0.1) is 0 Å². The van der Waals surface area contributed by atoms with Crippen molar-refractivity contribution in [3.8, 4) is 22.8 Å². The summed E-state index contributed by atoms with van der Waals surface area (Å²) < 4.78 is 12.6. The zero-order valence-electron chi connectivity index (χ0n) is 17.6. The van der Waals surface area contributed by atoms with Gasteiger partial charge in [0.15, 0.2) is 0 Å². The lowest BCUT2D eigenvalue weighted by Gasteiger charge is -2.26. The number of benzene rings is 2. The number of rotatable bonds is 8. The molecule has 0 radical (unpaired) electrons. The van der Waals surface area contributed by atoms with Crippen molar-refractivity contribution in [3.63, 3.8) is 0 Å². The minimum absolute atomic E-state index is 0.360. The number of anilines is 2. The van der Waals surface area contributed by atoms with Gasteiger partial charge in [0.25, 0.3) is 0 Å². The van der Waals surface area contributed by atoms with Gasteiger partial charge in [0, 0.05) is 61.5 Å². The molecule has 31 heavy (non-hydrogen) atoms. The Labute approximate surface area is 179 Å². The van der Waals surface area contributed by atoms with Crippen LogP contribution in [0.2, 0.25) is 0 Å². The summed E-state index contributed by atoms with van der Waals surface area (Å²) in [6, 6.07) is 11.5. The van der Waals surface area contributed by atoms with Crippen LogP contribution in [0.3, 0.4) is 0 Å². The molecule has 0 amide bonds. The van der Waals surface area contributed by atoms with Crippen molar-refractivity contribution in [3.05, 3.63) is 55.0 Å². The summed E-state index contributed by atoms with van der Waals surface area (Å²) in [5.41, 5.74) is 7.19. The lowest BCUT2D eigenvalue weighted by atomic mass is 10.2. The molecule has 4 rings (SSSR count). The number of nitrogens with zero attached hydrogens (tertiary/aromatic N) is 5. The topological polar surface area (TPSA) is 97.6 Å². The first kappa shape index (κ1) is 20.6. The molecule has 9 nitrogen and oxygen atoms in total. The Morgan fingerprint density at radius 3 is 2.42 bits per heavy atom. The van der Waals surface area contributed by atoms with Crippen LogP contribution in [0.15, 0.2) is 55.0 Å². The summed E-state index contributed by atoms with van der Waals surface area (Å²) in [7, 11) is 5.10. The van der Waals surface area contributed by atoms with Crippen LogP contribution >= 0.6 is 0 Å². The first-order valence-electron chi connectivity index (χ1n) is 9.74. The maximum Gasteiger partial charge on any atom is 0.124 e. The molecule has 2 heterocycles. The number of hydrogen-bond donors (Lipinski definition) is 2. The van der Waals surface area contributed by atoms with Crippen molar-refractivity contribution in [1.82, 2.24) is 25.2 Å². The van der Waals surface area contributed by atoms with Crippen LogP contribution in [0.5, 0.6) is 11.5 Å². The molecular weight excluding hydrogens is 396 g/mol. The second-order valence-electron chi connectivity index (χ2n) is 6.96. The molecule has 0 fully saturated rings. The fourth-order valence-corrected chi connectivity index (χ4v) is 3.38. The Morgan fingerprint density at radius 2 is 1.77 bits per heavy atom. The predicted octanol–water partition coefficient (Wildman–Crippen LogP) is 3.16. The highest BCUT2D eigenvalue weighted by Crippen LogP contribution is 2.33. The van der Waals surface area contributed by atoms with E-state index in [1.54, 1.807) is 31.3 Å². The Kier molecular flexibility index (Phi) is 5.96. The molecule has 0 saturated carbocycles. The van der Waals surface area contributed by atoms with Gasteiger partial charge in [-0.2, -0.15) is 5.10 Å². The van der Waals surface area contributed by atoms with Gasteiger partial charge >= 0.3 is 0 Å². The molecule has 2 N–H and O–H groups in total. The van der Waals surface area contributed by atoms with E-state index < -0.39 is 0 Å². The van der Waals surface area contributed by atoms with E-state index in [9.17, 15) is 5.21 Å². The van der Waals surface area contributed by atoms with Crippen LogP contribution in [0.4, 0.5) is 11.4 Å². The van der Waals surface area contributed by atoms with Crippen molar-refractivity contribution < 1.29 is 14.7 Å². The summed E-state index contributed by atoms with van der Waals surface area (Å²) >= 11 is 0. The fraction of sp³-hybridized carbons (Fsp3) is 0.227. The van der Waals surface area contributed by atoms with E-state index in [-0.39, 0.29) is 0 Å². The zero-order chi connectivity index (χ0) is 21.8. The molecule has 9 heteroatoms. The van der Waals surface area contributed by atoms with Crippen LogP contribution < -0.4 is 19.9 Å². The molecule has 4 aromatic rings. The lowest BCUT2D eigenvalue weighted by molar-refractivity contribution is 0.170. The smallest absolute Gasteiger partial charge is 0.124 e. The van der Waals surface area contributed by atoms with E-state index in [0.717, 1.165) is 33.7 Å². The molecular formula is C22H24N6O3. The van der Waals surface area contributed by atoms with Gasteiger partial charge in [0.1, 0.15) is 11.5 Å². The molecule has 0 aliphatic rings. The minimum atomic E-state index is 0.360. The molecule has 0 saturated heterocycles. The summed E-state index contributed by atoms with van der Waals surface area (Å²) in [5.74, 6) is 1.35. The number of aryl methyl sites for hydroxylation is 1. The first-order chi connectivity index (χ1) is 15.1.